The van der Waals surface area contributed by atoms with Crippen molar-refractivity contribution in [1.29, 1.82) is 0 Å². The standard InChI is InChI=1S/C15H13Cl2N3O3/c16-8-1-2-9(12(17)5-8)10-6-11(10)15(23)18-13-3-4-20(19-13)7-14(21)22/h1-5,10-11H,6-7H2,(H,21,22)(H,18,19,23)/t10-,11-/m0/s1. The number of amides is 1. The molecule has 0 saturated heterocycles. The van der Waals surface area contributed by atoms with Crippen molar-refractivity contribution in [3.8, 4) is 0 Å². The summed E-state index contributed by atoms with van der Waals surface area (Å²) in [4.78, 5) is 22.8. The molecule has 1 amide bonds. The lowest BCUT2D eigenvalue weighted by molar-refractivity contribution is -0.137. The molecule has 0 bridgehead atoms. The molecule has 1 heterocycles. The summed E-state index contributed by atoms with van der Waals surface area (Å²) in [5.74, 6) is -0.907. The highest BCUT2D eigenvalue weighted by atomic mass is 35.5. The number of aromatic nitrogens is 2. The summed E-state index contributed by atoms with van der Waals surface area (Å²) in [6, 6.07) is 6.82. The largest absolute Gasteiger partial charge is 0.480 e. The second-order valence-electron chi connectivity index (χ2n) is 5.40. The monoisotopic (exact) mass is 353 g/mol. The third-order valence-corrected chi connectivity index (χ3v) is 4.24. The van der Waals surface area contributed by atoms with Crippen LogP contribution in [0.25, 0.3) is 0 Å². The van der Waals surface area contributed by atoms with Crippen LogP contribution in [0.1, 0.15) is 17.9 Å². The molecule has 6 nitrogen and oxygen atoms in total. The first-order valence-electron chi connectivity index (χ1n) is 6.95. The molecule has 8 heteroatoms. The van der Waals surface area contributed by atoms with Crippen LogP contribution in [-0.2, 0) is 16.1 Å². The van der Waals surface area contributed by atoms with E-state index in [4.69, 9.17) is 28.3 Å². The lowest BCUT2D eigenvalue weighted by Crippen LogP contribution is -2.16. The van der Waals surface area contributed by atoms with E-state index in [1.807, 2.05) is 6.07 Å². The second-order valence-corrected chi connectivity index (χ2v) is 6.24. The van der Waals surface area contributed by atoms with Gasteiger partial charge in [-0.2, -0.15) is 5.10 Å². The fourth-order valence-electron chi connectivity index (χ4n) is 2.50. The number of nitrogens with zero attached hydrogens (tertiary/aromatic N) is 2. The maximum atomic E-state index is 12.2. The summed E-state index contributed by atoms with van der Waals surface area (Å²) in [5, 5.41) is 16.5. The van der Waals surface area contributed by atoms with Gasteiger partial charge in [-0.15, -0.1) is 0 Å². The molecule has 2 N–H and O–H groups in total. The van der Waals surface area contributed by atoms with E-state index in [1.54, 1.807) is 18.2 Å². The van der Waals surface area contributed by atoms with Crippen LogP contribution in [0.5, 0.6) is 0 Å². The van der Waals surface area contributed by atoms with Gasteiger partial charge in [-0.25, -0.2) is 0 Å². The van der Waals surface area contributed by atoms with Crippen LogP contribution in [0.2, 0.25) is 10.0 Å². The van der Waals surface area contributed by atoms with Crippen LogP contribution in [0.15, 0.2) is 30.5 Å². The number of rotatable bonds is 5. The summed E-state index contributed by atoms with van der Waals surface area (Å²) >= 11 is 12.0. The maximum absolute atomic E-state index is 12.2. The van der Waals surface area contributed by atoms with E-state index in [-0.39, 0.29) is 24.3 Å². The van der Waals surface area contributed by atoms with Crippen LogP contribution in [0, 0.1) is 5.92 Å². The van der Waals surface area contributed by atoms with Gasteiger partial charge in [0.1, 0.15) is 6.54 Å². The molecule has 120 valence electrons. The minimum absolute atomic E-state index is 0.0703. The van der Waals surface area contributed by atoms with E-state index in [9.17, 15) is 9.59 Å². The molecular formula is C15H13Cl2N3O3. The summed E-state index contributed by atoms with van der Waals surface area (Å²) < 4.78 is 1.25. The first-order chi connectivity index (χ1) is 10.9. The van der Waals surface area contributed by atoms with Crippen molar-refractivity contribution in [2.24, 2.45) is 5.92 Å². The van der Waals surface area contributed by atoms with Gasteiger partial charge in [0.05, 0.1) is 0 Å². The Labute approximate surface area is 142 Å². The highest BCUT2D eigenvalue weighted by Crippen LogP contribution is 2.50. The molecule has 23 heavy (non-hydrogen) atoms. The predicted octanol–water partition coefficient (Wildman–Crippen LogP) is 3.02. The number of benzene rings is 1. The number of carbonyl (C=O) groups is 2. The van der Waals surface area contributed by atoms with E-state index in [2.05, 4.69) is 10.4 Å². The van der Waals surface area contributed by atoms with Gasteiger partial charge >= 0.3 is 5.97 Å². The first kappa shape index (κ1) is 15.8. The number of anilines is 1. The molecular weight excluding hydrogens is 341 g/mol. The van der Waals surface area contributed by atoms with Crippen molar-refractivity contribution >= 4 is 40.9 Å². The normalized spacial score (nSPS) is 19.4. The zero-order valence-electron chi connectivity index (χ0n) is 11.9. The molecule has 1 aromatic heterocycles. The van der Waals surface area contributed by atoms with Crippen LogP contribution in [0.3, 0.4) is 0 Å². The molecule has 2 aromatic rings. The fourth-order valence-corrected chi connectivity index (χ4v) is 3.05. The van der Waals surface area contributed by atoms with E-state index >= 15 is 0 Å². The molecule has 1 aromatic carbocycles. The van der Waals surface area contributed by atoms with Crippen LogP contribution in [0.4, 0.5) is 5.82 Å². The lowest BCUT2D eigenvalue weighted by Gasteiger charge is -2.04. The summed E-state index contributed by atoms with van der Waals surface area (Å²) in [7, 11) is 0. The molecule has 0 unspecified atom stereocenters. The van der Waals surface area contributed by atoms with Crippen LogP contribution >= 0.6 is 23.2 Å². The summed E-state index contributed by atoms with van der Waals surface area (Å²) in [5.41, 5.74) is 0.910. The molecule has 1 fully saturated rings. The average Bonchev–Trinajstić information content (AvgIpc) is 3.13. The van der Waals surface area contributed by atoms with Crippen molar-refractivity contribution < 1.29 is 14.7 Å². The first-order valence-corrected chi connectivity index (χ1v) is 7.70. The number of hydrogen-bond acceptors (Lipinski definition) is 3. The number of carboxylic acid groups (broad SMARTS) is 1. The van der Waals surface area contributed by atoms with Crippen molar-refractivity contribution in [3.63, 3.8) is 0 Å². The zero-order chi connectivity index (χ0) is 16.6. The smallest absolute Gasteiger partial charge is 0.325 e. The minimum atomic E-state index is -0.995. The number of halogens is 2. The van der Waals surface area contributed by atoms with Gasteiger partial charge in [0.15, 0.2) is 5.82 Å². The number of carbonyl (C=O) groups excluding carboxylic acids is 1. The Balaban J connectivity index is 1.62. The second kappa shape index (κ2) is 6.22. The molecule has 0 aliphatic heterocycles. The molecule has 0 radical (unpaired) electrons. The topological polar surface area (TPSA) is 84.2 Å². The Morgan fingerprint density at radius 3 is 2.83 bits per heavy atom. The lowest BCUT2D eigenvalue weighted by atomic mass is 10.1. The third-order valence-electron chi connectivity index (χ3n) is 3.68. The third kappa shape index (κ3) is 3.65. The number of aliphatic carboxylic acids is 1. The van der Waals surface area contributed by atoms with Crippen molar-refractivity contribution in [3.05, 3.63) is 46.1 Å². The van der Waals surface area contributed by atoms with Gasteiger partial charge in [0, 0.05) is 28.2 Å². The van der Waals surface area contributed by atoms with Crippen molar-refractivity contribution in [1.82, 2.24) is 9.78 Å². The maximum Gasteiger partial charge on any atom is 0.325 e. The van der Waals surface area contributed by atoms with Gasteiger partial charge in [0.25, 0.3) is 0 Å². The van der Waals surface area contributed by atoms with Crippen molar-refractivity contribution in [2.75, 3.05) is 5.32 Å². The Kier molecular flexibility index (Phi) is 4.28. The van der Waals surface area contributed by atoms with Gasteiger partial charge < -0.3 is 10.4 Å². The van der Waals surface area contributed by atoms with Crippen LogP contribution < -0.4 is 5.32 Å². The van der Waals surface area contributed by atoms with E-state index in [0.29, 0.717) is 22.3 Å². The fraction of sp³-hybridized carbons (Fsp3) is 0.267. The predicted molar refractivity (Wildman–Crippen MR) is 85.8 cm³/mol. The quantitative estimate of drug-likeness (QED) is 0.865. The molecule has 1 aliphatic carbocycles. The Hall–Kier alpha value is -2.05. The molecule has 0 spiro atoms. The van der Waals surface area contributed by atoms with E-state index in [0.717, 1.165) is 5.56 Å². The van der Waals surface area contributed by atoms with Crippen molar-refractivity contribution in [2.45, 2.75) is 18.9 Å². The highest BCUT2D eigenvalue weighted by molar-refractivity contribution is 6.35. The molecule has 2 atom stereocenters. The summed E-state index contributed by atoms with van der Waals surface area (Å²) in [6.07, 6.45) is 2.22. The molecule has 1 saturated carbocycles. The highest BCUT2D eigenvalue weighted by Gasteiger charge is 2.45. The Morgan fingerprint density at radius 1 is 1.35 bits per heavy atom. The zero-order valence-corrected chi connectivity index (χ0v) is 13.4. The van der Waals surface area contributed by atoms with Gasteiger partial charge in [-0.05, 0) is 30.0 Å². The minimum Gasteiger partial charge on any atom is -0.480 e. The van der Waals surface area contributed by atoms with Gasteiger partial charge in [-0.3, -0.25) is 14.3 Å². The molecule has 3 rings (SSSR count). The van der Waals surface area contributed by atoms with E-state index < -0.39 is 5.97 Å². The summed E-state index contributed by atoms with van der Waals surface area (Å²) in [6.45, 7) is -0.248. The van der Waals surface area contributed by atoms with Crippen LogP contribution in [-0.4, -0.2) is 26.8 Å². The average molecular weight is 354 g/mol. The Morgan fingerprint density at radius 2 is 2.13 bits per heavy atom. The van der Waals surface area contributed by atoms with Gasteiger partial charge in [-0.1, -0.05) is 29.3 Å². The van der Waals surface area contributed by atoms with Gasteiger partial charge in [0.2, 0.25) is 5.91 Å². The number of hydrogen-bond donors (Lipinski definition) is 2. The number of nitrogens with one attached hydrogen (secondary N) is 1. The molecule has 1 aliphatic rings. The number of carboxylic acids is 1. The van der Waals surface area contributed by atoms with E-state index in [1.165, 1.54) is 10.9 Å². The SMILES string of the molecule is O=C(O)Cn1ccc(NC(=O)[C@H]2C[C@H]2c2ccc(Cl)cc2Cl)n1. The Bertz CT molecular complexity index is 775.